The SMILES string of the molecule is CCN(c1ccccc1)c1cccnc1. The number of aromatic nitrogens is 1. The van der Waals surface area contributed by atoms with Gasteiger partial charge in [0, 0.05) is 18.4 Å². The summed E-state index contributed by atoms with van der Waals surface area (Å²) in [6.07, 6.45) is 3.68. The van der Waals surface area contributed by atoms with Gasteiger partial charge in [0.25, 0.3) is 0 Å². The van der Waals surface area contributed by atoms with E-state index in [1.807, 2.05) is 30.5 Å². The summed E-state index contributed by atoms with van der Waals surface area (Å²) in [5.74, 6) is 0. The number of anilines is 2. The molecule has 0 bridgehead atoms. The van der Waals surface area contributed by atoms with E-state index in [-0.39, 0.29) is 0 Å². The lowest BCUT2D eigenvalue weighted by Crippen LogP contribution is -2.15. The smallest absolute Gasteiger partial charge is 0.0597 e. The highest BCUT2D eigenvalue weighted by Gasteiger charge is 2.05. The first kappa shape index (κ1) is 9.71. The van der Waals surface area contributed by atoms with Crippen LogP contribution in [0.4, 0.5) is 11.4 Å². The number of nitrogens with zero attached hydrogens (tertiary/aromatic N) is 2. The van der Waals surface area contributed by atoms with Gasteiger partial charge in [0.1, 0.15) is 0 Å². The highest BCUT2D eigenvalue weighted by molar-refractivity contribution is 5.61. The Morgan fingerprint density at radius 3 is 2.33 bits per heavy atom. The van der Waals surface area contributed by atoms with Crippen LogP contribution >= 0.6 is 0 Å². The molecule has 15 heavy (non-hydrogen) atoms. The van der Waals surface area contributed by atoms with Crippen molar-refractivity contribution in [3.63, 3.8) is 0 Å². The molecule has 76 valence electrons. The first-order chi connectivity index (χ1) is 7.42. The van der Waals surface area contributed by atoms with E-state index in [2.05, 4.69) is 35.0 Å². The van der Waals surface area contributed by atoms with Gasteiger partial charge in [-0.05, 0) is 31.2 Å². The minimum Gasteiger partial charge on any atom is -0.341 e. The minimum atomic E-state index is 0.940. The first-order valence-corrected chi connectivity index (χ1v) is 5.14. The monoisotopic (exact) mass is 198 g/mol. The standard InChI is InChI=1S/C13H14N2/c1-2-15(12-7-4-3-5-8-12)13-9-6-10-14-11-13/h3-11H,2H2,1H3. The van der Waals surface area contributed by atoms with Crippen molar-refractivity contribution in [3.8, 4) is 0 Å². The molecular formula is C13H14N2. The van der Waals surface area contributed by atoms with Gasteiger partial charge in [0.15, 0.2) is 0 Å². The summed E-state index contributed by atoms with van der Waals surface area (Å²) in [5, 5.41) is 0. The van der Waals surface area contributed by atoms with Gasteiger partial charge in [0.2, 0.25) is 0 Å². The summed E-state index contributed by atoms with van der Waals surface area (Å²) in [7, 11) is 0. The van der Waals surface area contributed by atoms with Crippen molar-refractivity contribution in [1.29, 1.82) is 0 Å². The van der Waals surface area contributed by atoms with Crippen LogP contribution in [0.1, 0.15) is 6.92 Å². The van der Waals surface area contributed by atoms with E-state index in [1.165, 1.54) is 5.69 Å². The Kier molecular flexibility index (Phi) is 2.98. The molecule has 1 aromatic carbocycles. The maximum Gasteiger partial charge on any atom is 0.0597 e. The number of para-hydroxylation sites is 1. The van der Waals surface area contributed by atoms with Crippen LogP contribution in [0.5, 0.6) is 0 Å². The van der Waals surface area contributed by atoms with Gasteiger partial charge < -0.3 is 4.90 Å². The molecular weight excluding hydrogens is 184 g/mol. The quantitative estimate of drug-likeness (QED) is 0.752. The van der Waals surface area contributed by atoms with Crippen molar-refractivity contribution < 1.29 is 0 Å². The molecule has 0 fully saturated rings. The van der Waals surface area contributed by atoms with Gasteiger partial charge in [-0.25, -0.2) is 0 Å². The van der Waals surface area contributed by atoms with Crippen molar-refractivity contribution >= 4 is 11.4 Å². The Morgan fingerprint density at radius 1 is 1.00 bits per heavy atom. The van der Waals surface area contributed by atoms with Gasteiger partial charge in [0.05, 0.1) is 11.9 Å². The van der Waals surface area contributed by atoms with Crippen molar-refractivity contribution in [2.24, 2.45) is 0 Å². The number of hydrogen-bond donors (Lipinski definition) is 0. The largest absolute Gasteiger partial charge is 0.341 e. The van der Waals surface area contributed by atoms with E-state index in [9.17, 15) is 0 Å². The highest BCUT2D eigenvalue weighted by Crippen LogP contribution is 2.23. The second-order valence-corrected chi connectivity index (χ2v) is 3.29. The minimum absolute atomic E-state index is 0.940. The number of benzene rings is 1. The summed E-state index contributed by atoms with van der Waals surface area (Å²) < 4.78 is 0. The van der Waals surface area contributed by atoms with E-state index in [4.69, 9.17) is 0 Å². The average molecular weight is 198 g/mol. The third kappa shape index (κ3) is 2.15. The van der Waals surface area contributed by atoms with Crippen LogP contribution in [0, 0.1) is 0 Å². The Morgan fingerprint density at radius 2 is 1.73 bits per heavy atom. The van der Waals surface area contributed by atoms with E-state index in [0.29, 0.717) is 0 Å². The van der Waals surface area contributed by atoms with E-state index in [1.54, 1.807) is 6.20 Å². The Labute approximate surface area is 90.2 Å². The molecule has 0 unspecified atom stereocenters. The van der Waals surface area contributed by atoms with Gasteiger partial charge >= 0.3 is 0 Å². The predicted molar refractivity (Wildman–Crippen MR) is 63.4 cm³/mol. The number of pyridine rings is 1. The lowest BCUT2D eigenvalue weighted by atomic mass is 10.2. The number of rotatable bonds is 3. The molecule has 0 N–H and O–H groups in total. The summed E-state index contributed by atoms with van der Waals surface area (Å²) in [6.45, 7) is 3.08. The fourth-order valence-electron chi connectivity index (χ4n) is 1.64. The maximum absolute atomic E-state index is 4.14. The molecule has 0 aliphatic carbocycles. The molecule has 1 heterocycles. The van der Waals surface area contributed by atoms with E-state index < -0.39 is 0 Å². The second kappa shape index (κ2) is 4.60. The third-order valence-corrected chi connectivity index (χ3v) is 2.34. The molecule has 2 nitrogen and oxygen atoms in total. The third-order valence-electron chi connectivity index (χ3n) is 2.34. The fourth-order valence-corrected chi connectivity index (χ4v) is 1.64. The van der Waals surface area contributed by atoms with Crippen LogP contribution < -0.4 is 4.90 Å². The molecule has 1 aromatic heterocycles. The summed E-state index contributed by atoms with van der Waals surface area (Å²) in [4.78, 5) is 6.37. The second-order valence-electron chi connectivity index (χ2n) is 3.29. The lowest BCUT2D eigenvalue weighted by Gasteiger charge is -2.22. The Balaban J connectivity index is 2.34. The molecule has 0 amide bonds. The van der Waals surface area contributed by atoms with E-state index in [0.717, 1.165) is 12.2 Å². The molecule has 2 aromatic rings. The fraction of sp³-hybridized carbons (Fsp3) is 0.154. The molecule has 0 aliphatic rings. The molecule has 0 atom stereocenters. The highest BCUT2D eigenvalue weighted by atomic mass is 15.1. The molecule has 0 saturated heterocycles. The maximum atomic E-state index is 4.14. The predicted octanol–water partition coefficient (Wildman–Crippen LogP) is 3.24. The summed E-state index contributed by atoms with van der Waals surface area (Å²) in [6, 6.07) is 14.4. The molecule has 2 rings (SSSR count). The normalized spacial score (nSPS) is 9.93. The van der Waals surface area contributed by atoms with Crippen molar-refractivity contribution in [2.75, 3.05) is 11.4 Å². The molecule has 0 radical (unpaired) electrons. The van der Waals surface area contributed by atoms with Gasteiger partial charge in [-0.3, -0.25) is 4.98 Å². The van der Waals surface area contributed by atoms with Gasteiger partial charge in [-0.15, -0.1) is 0 Å². The topological polar surface area (TPSA) is 16.1 Å². The molecule has 2 heteroatoms. The van der Waals surface area contributed by atoms with Crippen LogP contribution in [-0.4, -0.2) is 11.5 Å². The number of hydrogen-bond acceptors (Lipinski definition) is 2. The summed E-state index contributed by atoms with van der Waals surface area (Å²) >= 11 is 0. The zero-order valence-electron chi connectivity index (χ0n) is 8.80. The molecule has 0 aliphatic heterocycles. The first-order valence-electron chi connectivity index (χ1n) is 5.14. The van der Waals surface area contributed by atoms with Crippen LogP contribution in [0.3, 0.4) is 0 Å². The Hall–Kier alpha value is -1.83. The lowest BCUT2D eigenvalue weighted by molar-refractivity contribution is 1.02. The van der Waals surface area contributed by atoms with Crippen molar-refractivity contribution in [2.45, 2.75) is 6.92 Å². The van der Waals surface area contributed by atoms with Crippen molar-refractivity contribution in [1.82, 2.24) is 4.98 Å². The zero-order valence-corrected chi connectivity index (χ0v) is 8.80. The van der Waals surface area contributed by atoms with Gasteiger partial charge in [-0.2, -0.15) is 0 Å². The Bertz CT molecular complexity index is 358. The summed E-state index contributed by atoms with van der Waals surface area (Å²) in [5.41, 5.74) is 2.33. The van der Waals surface area contributed by atoms with Crippen LogP contribution in [0.2, 0.25) is 0 Å². The average Bonchev–Trinajstić information content (AvgIpc) is 2.33. The molecule has 0 spiro atoms. The zero-order chi connectivity index (χ0) is 10.5. The van der Waals surface area contributed by atoms with E-state index >= 15 is 0 Å². The van der Waals surface area contributed by atoms with Crippen LogP contribution in [-0.2, 0) is 0 Å². The van der Waals surface area contributed by atoms with Gasteiger partial charge in [-0.1, -0.05) is 18.2 Å². The van der Waals surface area contributed by atoms with Crippen molar-refractivity contribution in [3.05, 3.63) is 54.9 Å². The van der Waals surface area contributed by atoms with Crippen LogP contribution in [0.25, 0.3) is 0 Å². The molecule has 0 saturated carbocycles. The van der Waals surface area contributed by atoms with Crippen LogP contribution in [0.15, 0.2) is 54.9 Å².